The summed E-state index contributed by atoms with van der Waals surface area (Å²) < 4.78 is 14.9. The van der Waals surface area contributed by atoms with Crippen LogP contribution >= 0.6 is 23.2 Å². The largest absolute Gasteiger partial charge is 0.497 e. The van der Waals surface area contributed by atoms with Crippen molar-refractivity contribution in [1.82, 2.24) is 10.2 Å². The minimum absolute atomic E-state index is 0.0615. The molecule has 9 nitrogen and oxygen atoms in total. The first-order valence-electron chi connectivity index (χ1n) is 9.18. The highest BCUT2D eigenvalue weighted by Gasteiger charge is 2.53. The Morgan fingerprint density at radius 1 is 1.39 bits per heavy atom. The molecule has 0 bridgehead atoms. The summed E-state index contributed by atoms with van der Waals surface area (Å²) in [6.45, 7) is 3.77. The Balaban J connectivity index is 2.02. The van der Waals surface area contributed by atoms with Crippen molar-refractivity contribution in [3.05, 3.63) is 42.0 Å². The lowest BCUT2D eigenvalue weighted by Crippen LogP contribution is -2.72. The minimum atomic E-state index is -1.20. The summed E-state index contributed by atoms with van der Waals surface area (Å²) in [4.78, 5) is 48.4. The molecule has 0 radical (unpaired) electrons. The van der Waals surface area contributed by atoms with Crippen LogP contribution in [0.5, 0.6) is 5.75 Å². The molecule has 1 saturated heterocycles. The van der Waals surface area contributed by atoms with Gasteiger partial charge in [0.15, 0.2) is 6.04 Å². The smallest absolute Gasteiger partial charge is 0.333 e. The maximum absolute atomic E-state index is 12.7. The Labute approximate surface area is 189 Å². The summed E-state index contributed by atoms with van der Waals surface area (Å²) in [6, 6.07) is 4.71. The Bertz CT molecular complexity index is 849. The van der Waals surface area contributed by atoms with E-state index in [-0.39, 0.29) is 37.6 Å². The number of methoxy groups -OCH3 is 1. The van der Waals surface area contributed by atoms with Gasteiger partial charge in [0.2, 0.25) is 5.91 Å². The third-order valence-electron chi connectivity index (χ3n) is 4.47. The van der Waals surface area contributed by atoms with E-state index in [9.17, 15) is 19.2 Å². The molecule has 1 aliphatic rings. The predicted octanol–water partition coefficient (Wildman–Crippen LogP) is 1.36. The van der Waals surface area contributed by atoms with Crippen LogP contribution in [0, 0.1) is 0 Å². The topological polar surface area (TPSA) is 111 Å². The maximum atomic E-state index is 12.7. The standard InChI is InChI=1S/C20H22Cl2N2O7/c1-12(9-21)17(20(28)31-10-13-4-3-5-14(8-13)29-2)24-18(22)16(19(24)27)23-15(26)6-7-30-11-25/h3-5,8,11,16-18H,1,6-7,9-10H2,2H3,(H,23,26). The van der Waals surface area contributed by atoms with E-state index in [0.29, 0.717) is 11.3 Å². The van der Waals surface area contributed by atoms with Gasteiger partial charge >= 0.3 is 5.97 Å². The van der Waals surface area contributed by atoms with Crippen molar-refractivity contribution in [2.75, 3.05) is 19.6 Å². The fourth-order valence-electron chi connectivity index (χ4n) is 2.87. The molecular weight excluding hydrogens is 451 g/mol. The summed E-state index contributed by atoms with van der Waals surface area (Å²) >= 11 is 12.1. The van der Waals surface area contributed by atoms with Crippen LogP contribution in [0.3, 0.4) is 0 Å². The van der Waals surface area contributed by atoms with Crippen LogP contribution in [-0.2, 0) is 35.3 Å². The molecule has 1 fully saturated rings. The minimum Gasteiger partial charge on any atom is -0.497 e. The van der Waals surface area contributed by atoms with Crippen LogP contribution in [0.25, 0.3) is 0 Å². The molecule has 1 aliphatic heterocycles. The molecule has 168 valence electrons. The van der Waals surface area contributed by atoms with Gasteiger partial charge in [0.25, 0.3) is 12.4 Å². The van der Waals surface area contributed by atoms with Gasteiger partial charge in [-0.25, -0.2) is 4.79 Å². The number of esters is 1. The highest BCUT2D eigenvalue weighted by Crippen LogP contribution is 2.30. The quantitative estimate of drug-likeness (QED) is 0.0928. The van der Waals surface area contributed by atoms with Crippen molar-refractivity contribution in [2.45, 2.75) is 30.6 Å². The molecular formula is C20H22Cl2N2O7. The summed E-state index contributed by atoms with van der Waals surface area (Å²) in [5.74, 6) is -1.37. The Morgan fingerprint density at radius 2 is 2.13 bits per heavy atom. The lowest BCUT2D eigenvalue weighted by atomic mass is 9.99. The Morgan fingerprint density at radius 3 is 2.74 bits per heavy atom. The zero-order chi connectivity index (χ0) is 23.0. The summed E-state index contributed by atoms with van der Waals surface area (Å²) in [5, 5.41) is 2.44. The van der Waals surface area contributed by atoms with Crippen LogP contribution in [0.4, 0.5) is 0 Å². The number of hydrogen-bond donors (Lipinski definition) is 1. The molecule has 3 atom stereocenters. The average molecular weight is 473 g/mol. The fraction of sp³-hybridized carbons (Fsp3) is 0.400. The Hall–Kier alpha value is -2.78. The maximum Gasteiger partial charge on any atom is 0.333 e. The first kappa shape index (κ1) is 24.5. The van der Waals surface area contributed by atoms with Crippen molar-refractivity contribution in [2.24, 2.45) is 0 Å². The summed E-state index contributed by atoms with van der Waals surface area (Å²) in [6.07, 6.45) is -0.132. The summed E-state index contributed by atoms with van der Waals surface area (Å²) in [5.41, 5.74) is -0.110. The number of carbonyl (C=O) groups is 4. The van der Waals surface area contributed by atoms with Gasteiger partial charge in [-0.05, 0) is 23.3 Å². The molecule has 0 saturated carbocycles. The van der Waals surface area contributed by atoms with E-state index in [1.54, 1.807) is 24.3 Å². The number of likely N-dealkylation sites (tertiary alicyclic amines) is 1. The number of alkyl halides is 2. The van der Waals surface area contributed by atoms with E-state index in [4.69, 9.17) is 32.7 Å². The molecule has 31 heavy (non-hydrogen) atoms. The van der Waals surface area contributed by atoms with Gasteiger partial charge in [0, 0.05) is 5.88 Å². The molecule has 3 unspecified atom stereocenters. The van der Waals surface area contributed by atoms with E-state index >= 15 is 0 Å². The van der Waals surface area contributed by atoms with E-state index in [1.165, 1.54) is 7.11 Å². The number of halogens is 2. The molecule has 11 heteroatoms. The van der Waals surface area contributed by atoms with Gasteiger partial charge in [-0.3, -0.25) is 14.4 Å². The van der Waals surface area contributed by atoms with Crippen LogP contribution in [0.2, 0.25) is 0 Å². The molecule has 2 amide bonds. The third-order valence-corrected chi connectivity index (χ3v) is 5.27. The van der Waals surface area contributed by atoms with E-state index in [2.05, 4.69) is 16.6 Å². The van der Waals surface area contributed by atoms with Gasteiger partial charge < -0.3 is 24.4 Å². The molecule has 2 rings (SSSR count). The second-order valence-electron chi connectivity index (χ2n) is 6.53. The second-order valence-corrected chi connectivity index (χ2v) is 7.25. The van der Waals surface area contributed by atoms with Gasteiger partial charge in [0.05, 0.1) is 20.1 Å². The van der Waals surface area contributed by atoms with E-state index < -0.39 is 35.4 Å². The number of amides is 2. The Kier molecular flexibility index (Phi) is 9.14. The fourth-order valence-corrected chi connectivity index (χ4v) is 3.40. The number of nitrogens with zero attached hydrogens (tertiary/aromatic N) is 1. The lowest BCUT2D eigenvalue weighted by Gasteiger charge is -2.47. The van der Waals surface area contributed by atoms with Gasteiger partial charge in [-0.1, -0.05) is 30.3 Å². The van der Waals surface area contributed by atoms with E-state index in [0.717, 1.165) is 4.90 Å². The molecule has 0 aromatic heterocycles. The van der Waals surface area contributed by atoms with Gasteiger partial charge in [-0.2, -0.15) is 0 Å². The zero-order valence-electron chi connectivity index (χ0n) is 16.7. The first-order valence-corrected chi connectivity index (χ1v) is 10.1. The number of nitrogens with one attached hydrogen (secondary N) is 1. The molecule has 1 aromatic rings. The highest BCUT2D eigenvalue weighted by atomic mass is 35.5. The monoisotopic (exact) mass is 472 g/mol. The average Bonchev–Trinajstić information content (AvgIpc) is 2.78. The zero-order valence-corrected chi connectivity index (χ0v) is 18.2. The van der Waals surface area contributed by atoms with Crippen molar-refractivity contribution in [3.63, 3.8) is 0 Å². The number of hydrogen-bond acceptors (Lipinski definition) is 7. The summed E-state index contributed by atoms with van der Waals surface area (Å²) in [7, 11) is 1.52. The van der Waals surface area contributed by atoms with Crippen LogP contribution in [0.1, 0.15) is 12.0 Å². The number of ether oxygens (including phenoxy) is 3. The third kappa shape index (κ3) is 6.11. The normalized spacial score (nSPS) is 18.4. The second kappa shape index (κ2) is 11.6. The van der Waals surface area contributed by atoms with Crippen molar-refractivity contribution in [1.29, 1.82) is 0 Å². The number of rotatable bonds is 12. The van der Waals surface area contributed by atoms with Crippen molar-refractivity contribution in [3.8, 4) is 5.75 Å². The SMILES string of the molecule is C=C(CCl)C(C(=O)OCc1cccc(OC)c1)N1C(=O)C(NC(=O)CCOC=O)C1Cl. The molecule has 1 heterocycles. The molecule has 0 spiro atoms. The number of benzene rings is 1. The van der Waals surface area contributed by atoms with Crippen LogP contribution in [0.15, 0.2) is 36.4 Å². The first-order chi connectivity index (χ1) is 14.8. The van der Waals surface area contributed by atoms with Gasteiger partial charge in [-0.15, -0.1) is 11.6 Å². The van der Waals surface area contributed by atoms with Gasteiger partial charge in [0.1, 0.15) is 23.9 Å². The van der Waals surface area contributed by atoms with Crippen molar-refractivity contribution >= 4 is 47.5 Å². The number of β-lactam (4-membered cyclic amide) rings is 1. The predicted molar refractivity (Wildman–Crippen MR) is 111 cm³/mol. The molecule has 1 aromatic carbocycles. The van der Waals surface area contributed by atoms with Crippen LogP contribution in [-0.4, -0.2) is 66.3 Å². The molecule has 0 aliphatic carbocycles. The number of carbonyl (C=O) groups excluding carboxylic acids is 4. The van der Waals surface area contributed by atoms with E-state index in [1.807, 2.05) is 0 Å². The molecule has 1 N–H and O–H groups in total. The lowest BCUT2D eigenvalue weighted by molar-refractivity contribution is -0.164. The van der Waals surface area contributed by atoms with Crippen molar-refractivity contribution < 1.29 is 33.4 Å². The van der Waals surface area contributed by atoms with Crippen LogP contribution < -0.4 is 10.1 Å². The highest BCUT2D eigenvalue weighted by molar-refractivity contribution is 6.27.